The molecule has 12 nitrogen and oxygen atoms in total. The Morgan fingerprint density at radius 2 is 1.82 bits per heavy atom. The average Bonchev–Trinajstić information content (AvgIpc) is 3.33. The van der Waals surface area contributed by atoms with Crippen molar-refractivity contribution in [2.24, 2.45) is 11.7 Å². The minimum atomic E-state index is -1.21. The Hall–Kier alpha value is -4.71. The van der Waals surface area contributed by atoms with E-state index >= 15 is 0 Å². The lowest BCUT2D eigenvalue weighted by atomic mass is 9.96. The molecule has 4 N–H and O–H groups in total. The zero-order chi connectivity index (χ0) is 29.0. The molecule has 12 heteroatoms. The number of benzene rings is 2. The van der Waals surface area contributed by atoms with Crippen LogP contribution in [-0.4, -0.2) is 50.5 Å². The Kier molecular flexibility index (Phi) is 8.49. The number of hydrogen-bond acceptors (Lipinski definition) is 7. The second-order valence-electron chi connectivity index (χ2n) is 9.86. The lowest BCUT2D eigenvalue weighted by Crippen LogP contribution is -2.52. The number of aromatic carboxylic acids is 1. The van der Waals surface area contributed by atoms with Crippen LogP contribution in [-0.2, 0) is 11.3 Å². The van der Waals surface area contributed by atoms with E-state index in [4.69, 9.17) is 10.5 Å². The molecule has 0 saturated carbocycles. The molecule has 4 rings (SSSR count). The number of aromatic nitrogens is 1. The molecule has 0 bridgehead atoms. The summed E-state index contributed by atoms with van der Waals surface area (Å²) < 4.78 is 5.64. The van der Waals surface area contributed by atoms with E-state index in [2.05, 4.69) is 4.98 Å². The molecule has 40 heavy (non-hydrogen) atoms. The van der Waals surface area contributed by atoms with Gasteiger partial charge < -0.3 is 25.5 Å². The maximum absolute atomic E-state index is 14.3. The van der Waals surface area contributed by atoms with Gasteiger partial charge in [-0.1, -0.05) is 44.2 Å². The smallest absolute Gasteiger partial charge is 0.416 e. The number of non-ortho nitro benzene ring substituents is 1. The first-order chi connectivity index (χ1) is 19.1. The van der Waals surface area contributed by atoms with E-state index in [0.717, 1.165) is 5.56 Å². The molecular formula is C28H31N5O7. The van der Waals surface area contributed by atoms with Crippen molar-refractivity contribution in [1.82, 2.24) is 9.88 Å². The molecule has 1 aliphatic rings. The molecule has 0 radical (unpaired) electrons. The highest BCUT2D eigenvalue weighted by Gasteiger charge is 2.46. The fourth-order valence-electron chi connectivity index (χ4n) is 4.96. The summed E-state index contributed by atoms with van der Waals surface area (Å²) in [7, 11) is 0. The summed E-state index contributed by atoms with van der Waals surface area (Å²) in [4.78, 5) is 56.3. The summed E-state index contributed by atoms with van der Waals surface area (Å²) in [5.41, 5.74) is 7.10. The third-order valence-electron chi connectivity index (χ3n) is 6.79. The van der Waals surface area contributed by atoms with Crippen LogP contribution < -0.4 is 15.4 Å². The maximum Gasteiger partial charge on any atom is 0.416 e. The number of carbonyl (C=O) groups is 3. The number of nitro benzene ring substituents is 1. The van der Waals surface area contributed by atoms with Crippen LogP contribution in [0.5, 0.6) is 5.75 Å². The first-order valence-electron chi connectivity index (χ1n) is 12.9. The molecule has 3 aromatic rings. The van der Waals surface area contributed by atoms with Gasteiger partial charge in [-0.25, -0.2) is 9.59 Å². The van der Waals surface area contributed by atoms with Gasteiger partial charge in [-0.3, -0.25) is 19.8 Å². The van der Waals surface area contributed by atoms with Gasteiger partial charge in [0.2, 0.25) is 5.91 Å². The van der Waals surface area contributed by atoms with Crippen LogP contribution >= 0.6 is 0 Å². The zero-order valence-corrected chi connectivity index (χ0v) is 22.1. The number of nitrogens with one attached hydrogen (secondary N) is 1. The average molecular weight is 550 g/mol. The third-order valence-corrected chi connectivity index (χ3v) is 6.79. The fourth-order valence-corrected chi connectivity index (χ4v) is 4.96. The number of amides is 2. The highest BCUT2D eigenvalue weighted by Crippen LogP contribution is 2.42. The van der Waals surface area contributed by atoms with E-state index in [1.165, 1.54) is 40.1 Å². The minimum Gasteiger partial charge on any atom is -0.477 e. The van der Waals surface area contributed by atoms with E-state index in [1.54, 1.807) is 0 Å². The number of aromatic amines is 1. The van der Waals surface area contributed by atoms with E-state index in [-0.39, 0.29) is 42.6 Å². The number of nitrogens with two attached hydrogens (primary N) is 1. The van der Waals surface area contributed by atoms with Gasteiger partial charge >= 0.3 is 12.1 Å². The van der Waals surface area contributed by atoms with Crippen LogP contribution in [0.1, 0.15) is 54.5 Å². The van der Waals surface area contributed by atoms with Gasteiger partial charge in [0.15, 0.2) is 0 Å². The number of carboxylic acids is 1. The van der Waals surface area contributed by atoms with Crippen molar-refractivity contribution in [1.29, 1.82) is 0 Å². The number of nitrogens with zero attached hydrogens (tertiary/aromatic N) is 3. The number of hydrogen-bond donors (Lipinski definition) is 3. The van der Waals surface area contributed by atoms with Gasteiger partial charge in [-0.05, 0) is 49.1 Å². The Morgan fingerprint density at radius 3 is 2.40 bits per heavy atom. The van der Waals surface area contributed by atoms with Crippen LogP contribution in [0.4, 0.5) is 16.2 Å². The molecule has 0 fully saturated rings. The van der Waals surface area contributed by atoms with Crippen LogP contribution in [0.3, 0.4) is 0 Å². The number of carboxylic acid groups (broad SMARTS) is 1. The predicted molar refractivity (Wildman–Crippen MR) is 146 cm³/mol. The largest absolute Gasteiger partial charge is 0.477 e. The van der Waals surface area contributed by atoms with Crippen LogP contribution in [0.25, 0.3) is 0 Å². The third kappa shape index (κ3) is 5.81. The van der Waals surface area contributed by atoms with Crippen molar-refractivity contribution in [2.75, 3.05) is 11.4 Å². The number of rotatable bonds is 9. The molecule has 0 unspecified atom stereocenters. The van der Waals surface area contributed by atoms with Gasteiger partial charge in [0, 0.05) is 12.1 Å². The summed E-state index contributed by atoms with van der Waals surface area (Å²) in [5.74, 6) is -1.82. The Morgan fingerprint density at radius 1 is 1.15 bits per heavy atom. The van der Waals surface area contributed by atoms with E-state index in [9.17, 15) is 29.6 Å². The summed E-state index contributed by atoms with van der Waals surface area (Å²) >= 11 is 0. The SMILES string of the molecule is CC(C)[C@@H]1c2[nH]c(C(=O)O)cc2N(Cc2ccccc2)C(=O)[C@H](CCCN)N1C(=O)Oc1ccc([N+](=O)[O-])cc1. The van der Waals surface area contributed by atoms with Crippen LogP contribution in [0, 0.1) is 16.0 Å². The van der Waals surface area contributed by atoms with E-state index in [0.29, 0.717) is 17.8 Å². The molecule has 2 heterocycles. The summed E-state index contributed by atoms with van der Waals surface area (Å²) in [6, 6.07) is 14.0. The van der Waals surface area contributed by atoms with Crippen molar-refractivity contribution in [3.63, 3.8) is 0 Å². The van der Waals surface area contributed by atoms with Gasteiger partial charge in [0.1, 0.15) is 17.5 Å². The van der Waals surface area contributed by atoms with Gasteiger partial charge in [-0.2, -0.15) is 0 Å². The number of H-pyrrole nitrogens is 1. The Balaban J connectivity index is 1.83. The summed E-state index contributed by atoms with van der Waals surface area (Å²) in [6.45, 7) is 4.16. The van der Waals surface area contributed by atoms with Crippen molar-refractivity contribution < 1.29 is 29.2 Å². The maximum atomic E-state index is 14.3. The molecule has 210 valence electrons. The minimum absolute atomic E-state index is 0.0615. The molecule has 0 spiro atoms. The number of nitro groups is 1. The first-order valence-corrected chi connectivity index (χ1v) is 12.9. The molecule has 0 saturated heterocycles. The number of fused-ring (bicyclic) bond motifs is 1. The number of ether oxygens (including phenoxy) is 1. The molecule has 2 aromatic carbocycles. The lowest BCUT2D eigenvalue weighted by Gasteiger charge is -2.36. The second-order valence-corrected chi connectivity index (χ2v) is 9.86. The summed E-state index contributed by atoms with van der Waals surface area (Å²) in [5, 5.41) is 20.8. The number of carbonyl (C=O) groups excluding carboxylic acids is 2. The Labute approximate surface area is 230 Å². The normalized spacial score (nSPS) is 16.9. The molecular weight excluding hydrogens is 518 g/mol. The molecule has 1 aliphatic heterocycles. The highest BCUT2D eigenvalue weighted by atomic mass is 16.6. The van der Waals surface area contributed by atoms with Gasteiger partial charge in [0.25, 0.3) is 5.69 Å². The highest BCUT2D eigenvalue weighted by molar-refractivity contribution is 6.02. The Bertz CT molecular complexity index is 1390. The van der Waals surface area contributed by atoms with E-state index < -0.39 is 35.0 Å². The standard InChI is InChI=1S/C28H31N5O7/c1-17(2)25-24-23(15-21(30-24)27(35)36)31(16-18-7-4-3-5-8-18)26(34)22(9-6-14-29)32(25)28(37)40-20-12-10-19(11-13-20)33(38)39/h3-5,7-8,10-13,15,17,22,25,30H,6,9,14,16,29H2,1-2H3,(H,35,36)/t22-,25+/m0/s1. The second kappa shape index (κ2) is 12.0. The molecule has 2 amide bonds. The lowest BCUT2D eigenvalue weighted by molar-refractivity contribution is -0.384. The van der Waals surface area contributed by atoms with Gasteiger partial charge in [0.05, 0.1) is 28.9 Å². The molecule has 0 aliphatic carbocycles. The van der Waals surface area contributed by atoms with Gasteiger partial charge in [-0.15, -0.1) is 0 Å². The van der Waals surface area contributed by atoms with Crippen molar-refractivity contribution >= 4 is 29.3 Å². The number of anilines is 1. The predicted octanol–water partition coefficient (Wildman–Crippen LogP) is 4.47. The summed E-state index contributed by atoms with van der Waals surface area (Å²) in [6.07, 6.45) is -0.160. The zero-order valence-electron chi connectivity index (χ0n) is 22.1. The van der Waals surface area contributed by atoms with Crippen molar-refractivity contribution in [3.8, 4) is 5.75 Å². The van der Waals surface area contributed by atoms with E-state index in [1.807, 2.05) is 44.2 Å². The molecule has 2 atom stereocenters. The van der Waals surface area contributed by atoms with Crippen molar-refractivity contribution in [3.05, 3.63) is 87.7 Å². The topological polar surface area (TPSA) is 172 Å². The monoisotopic (exact) mass is 549 g/mol. The van der Waals surface area contributed by atoms with Crippen molar-refractivity contribution in [2.45, 2.75) is 45.3 Å². The van der Waals surface area contributed by atoms with Crippen LogP contribution in [0.2, 0.25) is 0 Å². The molecule has 1 aromatic heterocycles. The van der Waals surface area contributed by atoms with Crippen LogP contribution in [0.15, 0.2) is 60.7 Å². The quantitative estimate of drug-likeness (QED) is 0.259. The fraction of sp³-hybridized carbons (Fsp3) is 0.321. The first kappa shape index (κ1) is 28.3.